The quantitative estimate of drug-likeness (QED) is 0.468. The van der Waals surface area contributed by atoms with Gasteiger partial charge in [0.15, 0.2) is 0 Å². The summed E-state index contributed by atoms with van der Waals surface area (Å²) in [5.41, 5.74) is 3.71. The average Bonchev–Trinajstić information content (AvgIpc) is 2.91. The summed E-state index contributed by atoms with van der Waals surface area (Å²) in [6.07, 6.45) is 7.52. The number of benzene rings is 1. The van der Waals surface area contributed by atoms with E-state index in [0.717, 1.165) is 87.1 Å². The van der Waals surface area contributed by atoms with Gasteiger partial charge in [-0.05, 0) is 50.3 Å². The molecule has 2 saturated heterocycles. The van der Waals surface area contributed by atoms with Crippen LogP contribution in [0.25, 0.3) is 0 Å². The molecule has 36 heavy (non-hydrogen) atoms. The number of hydrogen-bond acceptors (Lipinski definition) is 8. The normalized spacial score (nSPS) is 18.1. The summed E-state index contributed by atoms with van der Waals surface area (Å²) in [6, 6.07) is 6.56. The molecule has 9 nitrogen and oxygen atoms in total. The summed E-state index contributed by atoms with van der Waals surface area (Å²) in [7, 11) is 1.60. The number of carbonyl (C=O) groups is 1. The van der Waals surface area contributed by atoms with Crippen LogP contribution < -0.4 is 10.2 Å². The first-order chi connectivity index (χ1) is 17.6. The highest BCUT2D eigenvalue weighted by Gasteiger charge is 2.25. The lowest BCUT2D eigenvalue weighted by atomic mass is 9.95. The molecule has 0 radical (unpaired) electrons. The molecule has 1 unspecified atom stereocenters. The number of ether oxygens (including phenoxy) is 3. The molecule has 4 rings (SSSR count). The molecule has 9 heteroatoms. The van der Waals surface area contributed by atoms with E-state index in [-0.39, 0.29) is 12.3 Å². The van der Waals surface area contributed by atoms with E-state index in [2.05, 4.69) is 39.2 Å². The molecule has 2 fully saturated rings. The Morgan fingerprint density at radius 1 is 1.14 bits per heavy atom. The van der Waals surface area contributed by atoms with E-state index in [1.165, 1.54) is 0 Å². The van der Waals surface area contributed by atoms with E-state index < -0.39 is 5.97 Å². The largest absolute Gasteiger partial charge is 0.481 e. The predicted molar refractivity (Wildman–Crippen MR) is 138 cm³/mol. The number of nitrogens with one attached hydrogen (secondary N) is 1. The van der Waals surface area contributed by atoms with Crippen LogP contribution in [0, 0.1) is 0 Å². The summed E-state index contributed by atoms with van der Waals surface area (Å²) in [5.74, 6) is 0.107. The predicted octanol–water partition coefficient (Wildman–Crippen LogP) is 4.32. The van der Waals surface area contributed by atoms with Crippen molar-refractivity contribution in [3.63, 3.8) is 0 Å². The maximum Gasteiger partial charge on any atom is 0.304 e. The summed E-state index contributed by atoms with van der Waals surface area (Å²) in [5, 5.41) is 13.0. The number of aliphatic carboxylic acids is 1. The molecule has 1 aromatic heterocycles. The number of anilines is 3. The molecule has 0 saturated carbocycles. The molecule has 196 valence electrons. The van der Waals surface area contributed by atoms with Gasteiger partial charge >= 0.3 is 5.97 Å². The van der Waals surface area contributed by atoms with Crippen LogP contribution >= 0.6 is 0 Å². The molecular formula is C27H38N4O5. The van der Waals surface area contributed by atoms with Gasteiger partial charge in [0, 0.05) is 58.0 Å². The molecule has 2 N–H and O–H groups in total. The first kappa shape index (κ1) is 26.3. The van der Waals surface area contributed by atoms with Crippen molar-refractivity contribution >= 4 is 23.0 Å². The minimum Gasteiger partial charge on any atom is -0.481 e. The third-order valence-electron chi connectivity index (χ3n) is 7.10. The van der Waals surface area contributed by atoms with Crippen LogP contribution in [-0.2, 0) is 19.0 Å². The van der Waals surface area contributed by atoms with E-state index in [1.54, 1.807) is 7.11 Å². The SMILES string of the molecule is CCN(c1ccc(C(COC)CC(=O)O)cc1Nc1cnc(C2CCOCC2)nc1)C1CCOCC1. The number of hydrogen-bond donors (Lipinski definition) is 2. The smallest absolute Gasteiger partial charge is 0.304 e. The second-order valence-corrected chi connectivity index (χ2v) is 9.50. The molecule has 0 aliphatic carbocycles. The molecule has 2 aliphatic rings. The van der Waals surface area contributed by atoms with E-state index in [1.807, 2.05) is 18.5 Å². The Morgan fingerprint density at radius 3 is 2.42 bits per heavy atom. The van der Waals surface area contributed by atoms with Gasteiger partial charge in [-0.25, -0.2) is 9.97 Å². The van der Waals surface area contributed by atoms with Crippen molar-refractivity contribution in [2.24, 2.45) is 0 Å². The third-order valence-corrected chi connectivity index (χ3v) is 7.10. The topological polar surface area (TPSA) is 106 Å². The Balaban J connectivity index is 1.64. The Labute approximate surface area is 213 Å². The number of aromatic nitrogens is 2. The molecule has 0 bridgehead atoms. The summed E-state index contributed by atoms with van der Waals surface area (Å²) in [6.45, 7) is 6.39. The molecule has 2 aromatic rings. The van der Waals surface area contributed by atoms with Crippen molar-refractivity contribution in [2.45, 2.75) is 56.9 Å². The van der Waals surface area contributed by atoms with Gasteiger partial charge in [0.05, 0.1) is 42.5 Å². The van der Waals surface area contributed by atoms with E-state index in [9.17, 15) is 9.90 Å². The van der Waals surface area contributed by atoms with Crippen LogP contribution in [0.2, 0.25) is 0 Å². The Kier molecular flexibility index (Phi) is 9.49. The first-order valence-electron chi connectivity index (χ1n) is 12.9. The van der Waals surface area contributed by atoms with Crippen LogP contribution in [0.4, 0.5) is 17.1 Å². The molecule has 1 atom stereocenters. The second kappa shape index (κ2) is 13.0. The molecule has 0 spiro atoms. The highest BCUT2D eigenvalue weighted by Crippen LogP contribution is 2.36. The van der Waals surface area contributed by atoms with Crippen LogP contribution in [0.1, 0.15) is 62.3 Å². The van der Waals surface area contributed by atoms with Gasteiger partial charge in [0.25, 0.3) is 0 Å². The van der Waals surface area contributed by atoms with Crippen molar-refractivity contribution in [2.75, 3.05) is 56.9 Å². The molecule has 3 heterocycles. The number of carboxylic acids is 1. The van der Waals surface area contributed by atoms with Crippen LogP contribution in [0.5, 0.6) is 0 Å². The Hall–Kier alpha value is -2.75. The lowest BCUT2D eigenvalue weighted by Crippen LogP contribution is -2.39. The van der Waals surface area contributed by atoms with Crippen LogP contribution in [0.15, 0.2) is 30.6 Å². The molecular weight excluding hydrogens is 460 g/mol. The fraction of sp³-hybridized carbons (Fsp3) is 0.593. The van der Waals surface area contributed by atoms with Crippen molar-refractivity contribution in [3.05, 3.63) is 42.0 Å². The highest BCUT2D eigenvalue weighted by molar-refractivity contribution is 5.77. The number of carboxylic acid groups (broad SMARTS) is 1. The van der Waals surface area contributed by atoms with Crippen molar-refractivity contribution in [1.82, 2.24) is 9.97 Å². The summed E-state index contributed by atoms with van der Waals surface area (Å²) in [4.78, 5) is 23.2. The summed E-state index contributed by atoms with van der Waals surface area (Å²) >= 11 is 0. The fourth-order valence-electron chi connectivity index (χ4n) is 5.19. The first-order valence-corrected chi connectivity index (χ1v) is 12.9. The molecule has 0 amide bonds. The number of methoxy groups -OCH3 is 1. The average molecular weight is 499 g/mol. The maximum absolute atomic E-state index is 11.5. The van der Waals surface area contributed by atoms with Gasteiger partial charge in [-0.15, -0.1) is 0 Å². The lowest BCUT2D eigenvalue weighted by molar-refractivity contribution is -0.137. The zero-order valence-electron chi connectivity index (χ0n) is 21.3. The highest BCUT2D eigenvalue weighted by atomic mass is 16.5. The molecule has 2 aliphatic heterocycles. The van der Waals surface area contributed by atoms with E-state index in [0.29, 0.717) is 18.6 Å². The van der Waals surface area contributed by atoms with Gasteiger partial charge in [-0.2, -0.15) is 0 Å². The second-order valence-electron chi connectivity index (χ2n) is 9.50. The minimum absolute atomic E-state index is 0.00694. The lowest BCUT2D eigenvalue weighted by Gasteiger charge is -2.37. The van der Waals surface area contributed by atoms with Crippen LogP contribution in [-0.4, -0.2) is 73.8 Å². The van der Waals surface area contributed by atoms with Crippen molar-refractivity contribution < 1.29 is 24.1 Å². The zero-order chi connectivity index (χ0) is 25.3. The standard InChI is InChI=1S/C27H38N4O5/c1-3-31(23-8-12-36-13-9-23)25-5-4-20(21(18-34-2)15-26(32)33)14-24(25)30-22-16-28-27(29-17-22)19-6-10-35-11-7-19/h4-5,14,16-17,19,21,23,30H,3,6-13,15,18H2,1-2H3,(H,32,33). The van der Waals surface area contributed by atoms with Gasteiger partial charge in [0.2, 0.25) is 0 Å². The van der Waals surface area contributed by atoms with Gasteiger partial charge in [-0.1, -0.05) is 6.07 Å². The number of rotatable bonds is 11. The minimum atomic E-state index is -0.842. The van der Waals surface area contributed by atoms with Gasteiger partial charge in [-0.3, -0.25) is 4.79 Å². The third kappa shape index (κ3) is 6.72. The van der Waals surface area contributed by atoms with Crippen LogP contribution in [0.3, 0.4) is 0 Å². The van der Waals surface area contributed by atoms with E-state index >= 15 is 0 Å². The summed E-state index contributed by atoms with van der Waals surface area (Å²) < 4.78 is 16.4. The monoisotopic (exact) mass is 498 g/mol. The number of nitrogens with zero attached hydrogens (tertiary/aromatic N) is 3. The molecule has 1 aromatic carbocycles. The Bertz CT molecular complexity index is 975. The van der Waals surface area contributed by atoms with Crippen molar-refractivity contribution in [3.8, 4) is 0 Å². The van der Waals surface area contributed by atoms with Gasteiger partial charge in [0.1, 0.15) is 5.82 Å². The zero-order valence-corrected chi connectivity index (χ0v) is 21.3. The van der Waals surface area contributed by atoms with Crippen molar-refractivity contribution in [1.29, 1.82) is 0 Å². The van der Waals surface area contributed by atoms with E-state index in [4.69, 9.17) is 14.2 Å². The van der Waals surface area contributed by atoms with Gasteiger partial charge < -0.3 is 29.5 Å². The maximum atomic E-state index is 11.5. The fourth-order valence-corrected chi connectivity index (χ4v) is 5.19. The Morgan fingerprint density at radius 2 is 1.81 bits per heavy atom.